The number of rotatable bonds is 6. The lowest BCUT2D eigenvalue weighted by molar-refractivity contribution is -0.146. The van der Waals surface area contributed by atoms with Crippen molar-refractivity contribution in [2.24, 2.45) is 0 Å². The van der Waals surface area contributed by atoms with Gasteiger partial charge in [0.15, 0.2) is 0 Å². The molecule has 2 N–H and O–H groups in total. The van der Waals surface area contributed by atoms with Crippen LogP contribution in [-0.4, -0.2) is 47.6 Å². The summed E-state index contributed by atoms with van der Waals surface area (Å²) in [6.07, 6.45) is 0.364. The number of likely N-dealkylation sites (tertiary alicyclic amines) is 1. The third-order valence-corrected chi connectivity index (χ3v) is 6.14. The van der Waals surface area contributed by atoms with E-state index in [9.17, 15) is 19.1 Å². The van der Waals surface area contributed by atoms with E-state index in [1.54, 1.807) is 42.5 Å². The van der Waals surface area contributed by atoms with Gasteiger partial charge in [-0.2, -0.15) is 0 Å². The molecule has 1 aliphatic heterocycles. The number of aromatic hydroxyl groups is 1. The maximum atomic E-state index is 13.6. The first-order chi connectivity index (χ1) is 16.3. The predicted octanol–water partition coefficient (Wildman–Crippen LogP) is 4.40. The number of esters is 1. The van der Waals surface area contributed by atoms with E-state index in [1.165, 1.54) is 25.3 Å². The Kier molecular flexibility index (Phi) is 7.14. The number of amides is 1. The van der Waals surface area contributed by atoms with Crippen molar-refractivity contribution >= 4 is 23.5 Å². The van der Waals surface area contributed by atoms with Crippen LogP contribution in [-0.2, 0) is 16.1 Å². The standard InChI is InChI=1S/C26H24ClFN2O4/c1-34-26(33)23-13-22(15-30(23)14-19-11-20(27)8-9-24(19)31)29-25(32)18-6-2-4-16(10-18)17-5-3-7-21(28)12-17/h2-12,22-23,31H,13-15H2,1H3,(H,29,32)/t22-,23+/m1/s1. The zero-order valence-corrected chi connectivity index (χ0v) is 19.3. The largest absolute Gasteiger partial charge is 0.508 e. The van der Waals surface area contributed by atoms with Crippen LogP contribution in [0.2, 0.25) is 5.02 Å². The fraction of sp³-hybridized carbons (Fsp3) is 0.231. The Hall–Kier alpha value is -3.42. The van der Waals surface area contributed by atoms with E-state index in [2.05, 4.69) is 5.32 Å². The van der Waals surface area contributed by atoms with Crippen LogP contribution < -0.4 is 5.32 Å². The van der Waals surface area contributed by atoms with Crippen LogP contribution in [0.15, 0.2) is 66.7 Å². The van der Waals surface area contributed by atoms with Crippen molar-refractivity contribution in [2.75, 3.05) is 13.7 Å². The molecule has 6 nitrogen and oxygen atoms in total. The molecule has 0 bridgehead atoms. The summed E-state index contributed by atoms with van der Waals surface area (Å²) in [6.45, 7) is 0.661. The molecule has 1 saturated heterocycles. The zero-order chi connectivity index (χ0) is 24.2. The molecule has 0 aliphatic carbocycles. The molecule has 0 saturated carbocycles. The molecule has 0 unspecified atom stereocenters. The summed E-state index contributed by atoms with van der Waals surface area (Å²) < 4.78 is 18.6. The molecule has 176 valence electrons. The van der Waals surface area contributed by atoms with Gasteiger partial charge in [-0.1, -0.05) is 35.9 Å². The third-order valence-electron chi connectivity index (χ3n) is 5.91. The summed E-state index contributed by atoms with van der Waals surface area (Å²) in [5.74, 6) is -0.974. The second kappa shape index (κ2) is 10.2. The van der Waals surface area contributed by atoms with Gasteiger partial charge in [0.2, 0.25) is 0 Å². The Morgan fingerprint density at radius 2 is 1.85 bits per heavy atom. The lowest BCUT2D eigenvalue weighted by atomic mass is 10.0. The molecule has 2 atom stereocenters. The van der Waals surface area contributed by atoms with Crippen LogP contribution in [0.4, 0.5) is 4.39 Å². The summed E-state index contributed by atoms with van der Waals surface area (Å²) >= 11 is 6.06. The highest BCUT2D eigenvalue weighted by Crippen LogP contribution is 2.28. The number of carbonyl (C=O) groups excluding carboxylic acids is 2. The molecule has 3 aromatic rings. The normalized spacial score (nSPS) is 18.0. The number of ether oxygens (including phenoxy) is 1. The molecule has 1 amide bonds. The zero-order valence-electron chi connectivity index (χ0n) is 18.5. The second-order valence-corrected chi connectivity index (χ2v) is 8.68. The van der Waals surface area contributed by atoms with Crippen molar-refractivity contribution in [1.82, 2.24) is 10.2 Å². The van der Waals surface area contributed by atoms with Crippen LogP contribution >= 0.6 is 11.6 Å². The van der Waals surface area contributed by atoms with E-state index >= 15 is 0 Å². The van der Waals surface area contributed by atoms with Gasteiger partial charge in [-0.15, -0.1) is 0 Å². The Bertz CT molecular complexity index is 1220. The van der Waals surface area contributed by atoms with Crippen molar-refractivity contribution in [3.8, 4) is 16.9 Å². The Labute approximate surface area is 201 Å². The number of nitrogens with one attached hydrogen (secondary N) is 1. The fourth-order valence-corrected chi connectivity index (χ4v) is 4.44. The average Bonchev–Trinajstić information content (AvgIpc) is 3.23. The van der Waals surface area contributed by atoms with Crippen LogP contribution in [0, 0.1) is 5.82 Å². The van der Waals surface area contributed by atoms with Gasteiger partial charge in [-0.3, -0.25) is 14.5 Å². The van der Waals surface area contributed by atoms with E-state index in [-0.39, 0.29) is 30.1 Å². The molecule has 0 aromatic heterocycles. The SMILES string of the molecule is COC(=O)[C@@H]1C[C@@H](NC(=O)c2cccc(-c3cccc(F)c3)c2)CN1Cc1cc(Cl)ccc1O. The highest BCUT2D eigenvalue weighted by Gasteiger charge is 2.38. The predicted molar refractivity (Wildman–Crippen MR) is 127 cm³/mol. The molecule has 0 radical (unpaired) electrons. The summed E-state index contributed by atoms with van der Waals surface area (Å²) in [5, 5.41) is 13.6. The number of hydrogen-bond donors (Lipinski definition) is 2. The Morgan fingerprint density at radius 3 is 2.59 bits per heavy atom. The molecular formula is C26H24ClFN2O4. The summed E-state index contributed by atoms with van der Waals surface area (Å²) in [5.41, 5.74) is 2.41. The molecule has 34 heavy (non-hydrogen) atoms. The van der Waals surface area contributed by atoms with Crippen molar-refractivity contribution < 1.29 is 23.8 Å². The van der Waals surface area contributed by atoms with Crippen LogP contribution in [0.3, 0.4) is 0 Å². The summed E-state index contributed by atoms with van der Waals surface area (Å²) in [6, 6.07) is 17.0. The number of nitrogens with zero attached hydrogens (tertiary/aromatic N) is 1. The Morgan fingerprint density at radius 1 is 1.12 bits per heavy atom. The van der Waals surface area contributed by atoms with Crippen LogP contribution in [0.5, 0.6) is 5.75 Å². The van der Waals surface area contributed by atoms with E-state index < -0.39 is 12.0 Å². The smallest absolute Gasteiger partial charge is 0.323 e. The van der Waals surface area contributed by atoms with Gasteiger partial charge >= 0.3 is 5.97 Å². The van der Waals surface area contributed by atoms with Crippen molar-refractivity contribution in [1.29, 1.82) is 0 Å². The minimum atomic E-state index is -0.577. The lowest BCUT2D eigenvalue weighted by Gasteiger charge is -2.22. The molecule has 8 heteroatoms. The first-order valence-electron chi connectivity index (χ1n) is 10.8. The molecular weight excluding hydrogens is 459 g/mol. The maximum absolute atomic E-state index is 13.6. The maximum Gasteiger partial charge on any atom is 0.323 e. The summed E-state index contributed by atoms with van der Waals surface area (Å²) in [4.78, 5) is 27.2. The molecule has 1 heterocycles. The van der Waals surface area contributed by atoms with Crippen molar-refractivity contribution in [3.63, 3.8) is 0 Å². The van der Waals surface area contributed by atoms with Crippen LogP contribution in [0.25, 0.3) is 11.1 Å². The van der Waals surface area contributed by atoms with E-state index in [4.69, 9.17) is 16.3 Å². The van der Waals surface area contributed by atoms with Gasteiger partial charge in [0.05, 0.1) is 7.11 Å². The van der Waals surface area contributed by atoms with Crippen LogP contribution in [0.1, 0.15) is 22.3 Å². The fourth-order valence-electron chi connectivity index (χ4n) is 4.24. The topological polar surface area (TPSA) is 78.9 Å². The number of halogens is 2. The van der Waals surface area contributed by atoms with Gasteiger partial charge in [-0.25, -0.2) is 4.39 Å². The number of phenolic OH excluding ortho intramolecular Hbond substituents is 1. The van der Waals surface area contributed by atoms with E-state index in [1.807, 2.05) is 11.0 Å². The molecule has 3 aromatic carbocycles. The highest BCUT2D eigenvalue weighted by molar-refractivity contribution is 6.30. The van der Waals surface area contributed by atoms with Gasteiger partial charge in [0.25, 0.3) is 5.91 Å². The average molecular weight is 483 g/mol. The van der Waals surface area contributed by atoms with E-state index in [0.717, 1.165) is 5.56 Å². The van der Waals surface area contributed by atoms with Gasteiger partial charge < -0.3 is 15.2 Å². The number of methoxy groups -OCH3 is 1. The number of benzene rings is 3. The monoisotopic (exact) mass is 482 g/mol. The summed E-state index contributed by atoms with van der Waals surface area (Å²) in [7, 11) is 1.32. The molecule has 1 aliphatic rings. The molecule has 0 spiro atoms. The molecule has 4 rings (SSSR count). The van der Waals surface area contributed by atoms with Crippen molar-refractivity contribution in [2.45, 2.75) is 25.0 Å². The third kappa shape index (κ3) is 5.38. The Balaban J connectivity index is 1.49. The van der Waals surface area contributed by atoms with Gasteiger partial charge in [0, 0.05) is 35.3 Å². The highest BCUT2D eigenvalue weighted by atomic mass is 35.5. The molecule has 1 fully saturated rings. The lowest BCUT2D eigenvalue weighted by Crippen LogP contribution is -2.37. The number of carbonyl (C=O) groups is 2. The van der Waals surface area contributed by atoms with Gasteiger partial charge in [-0.05, 0) is 60.0 Å². The van der Waals surface area contributed by atoms with Crippen molar-refractivity contribution in [3.05, 3.63) is 88.7 Å². The number of phenols is 1. The minimum absolute atomic E-state index is 0.0784. The number of hydrogen-bond acceptors (Lipinski definition) is 5. The second-order valence-electron chi connectivity index (χ2n) is 8.24. The first-order valence-corrected chi connectivity index (χ1v) is 11.2. The van der Waals surface area contributed by atoms with Gasteiger partial charge in [0.1, 0.15) is 17.6 Å². The quantitative estimate of drug-likeness (QED) is 0.509. The minimum Gasteiger partial charge on any atom is -0.508 e. The first kappa shape index (κ1) is 23.7. The van der Waals surface area contributed by atoms with E-state index in [0.29, 0.717) is 34.7 Å².